The highest BCUT2D eigenvalue weighted by Gasteiger charge is 2.43. The highest BCUT2D eigenvalue weighted by atomic mass is 32.1. The zero-order valence-corrected chi connectivity index (χ0v) is 14.6. The number of nitrogens with zero attached hydrogens (tertiary/aromatic N) is 2. The summed E-state index contributed by atoms with van der Waals surface area (Å²) in [5, 5.41) is 2.78. The molecule has 2 rings (SSSR count). The third kappa shape index (κ3) is 4.30. The number of hydrogen-bond donors (Lipinski definition) is 1. The van der Waals surface area contributed by atoms with Gasteiger partial charge in [-0.3, -0.25) is 19.3 Å². The molecule has 1 aromatic rings. The maximum absolute atomic E-state index is 12.9. The van der Waals surface area contributed by atoms with Crippen LogP contribution in [-0.4, -0.2) is 58.9 Å². The Balaban J connectivity index is 2.11. The molecule has 0 spiro atoms. The molecule has 9 heteroatoms. The normalized spacial score (nSPS) is 17.0. The van der Waals surface area contributed by atoms with Crippen molar-refractivity contribution in [2.24, 2.45) is 0 Å². The first-order valence-electron chi connectivity index (χ1n) is 7.61. The average Bonchev–Trinajstić information content (AvgIpc) is 2.80. The second kappa shape index (κ2) is 8.02. The van der Waals surface area contributed by atoms with E-state index < -0.39 is 23.7 Å². The molecule has 7 nitrogen and oxygen atoms in total. The van der Waals surface area contributed by atoms with Gasteiger partial charge in [0.25, 0.3) is 5.91 Å². The minimum Gasteiger partial charge on any atom is -0.468 e. The highest BCUT2D eigenvalue weighted by Crippen LogP contribution is 2.21. The van der Waals surface area contributed by atoms with Crippen LogP contribution in [0.4, 0.5) is 10.1 Å². The van der Waals surface area contributed by atoms with Crippen molar-refractivity contribution in [2.45, 2.75) is 19.4 Å². The average molecular weight is 367 g/mol. The van der Waals surface area contributed by atoms with Crippen molar-refractivity contribution < 1.29 is 23.5 Å². The highest BCUT2D eigenvalue weighted by molar-refractivity contribution is 7.80. The monoisotopic (exact) mass is 367 g/mol. The number of benzene rings is 1. The van der Waals surface area contributed by atoms with Crippen molar-refractivity contribution in [1.29, 1.82) is 0 Å². The first kappa shape index (κ1) is 18.8. The quantitative estimate of drug-likeness (QED) is 0.600. The fourth-order valence-electron chi connectivity index (χ4n) is 2.49. The van der Waals surface area contributed by atoms with Crippen molar-refractivity contribution in [1.82, 2.24) is 9.80 Å². The maximum Gasteiger partial charge on any atom is 0.325 e. The Bertz CT molecular complexity index is 695. The van der Waals surface area contributed by atoms with Crippen molar-refractivity contribution >= 4 is 40.8 Å². The molecule has 25 heavy (non-hydrogen) atoms. The van der Waals surface area contributed by atoms with Crippen molar-refractivity contribution in [2.75, 3.05) is 25.5 Å². The smallest absolute Gasteiger partial charge is 0.325 e. The van der Waals surface area contributed by atoms with Gasteiger partial charge in [-0.25, -0.2) is 4.39 Å². The number of carbonyl (C=O) groups excluding carboxylic acids is 3. The number of halogens is 1. The van der Waals surface area contributed by atoms with Crippen LogP contribution in [0.1, 0.15) is 13.3 Å². The third-order valence-corrected chi connectivity index (χ3v) is 4.21. The Kier molecular flexibility index (Phi) is 6.02. The standard InChI is InChI=1S/C16H18FN3O4S/c1-3-19-15(23)12(20(16(19)25)9-14(22)24-2)8-13(21)18-11-6-4-10(17)5-7-11/h4-7,12H,3,8-9H2,1-2H3,(H,18,21). The molecule has 1 aliphatic rings. The van der Waals surface area contributed by atoms with Gasteiger partial charge in [0.2, 0.25) is 5.91 Å². The zero-order valence-electron chi connectivity index (χ0n) is 13.8. The van der Waals surface area contributed by atoms with Gasteiger partial charge < -0.3 is 15.0 Å². The molecule has 1 atom stereocenters. The number of rotatable bonds is 6. The first-order valence-corrected chi connectivity index (χ1v) is 8.02. The van der Waals surface area contributed by atoms with Crippen LogP contribution in [0.2, 0.25) is 0 Å². The van der Waals surface area contributed by atoms with Crippen LogP contribution in [0.5, 0.6) is 0 Å². The number of thiocarbonyl (C=S) groups is 1. The number of likely N-dealkylation sites (N-methyl/N-ethyl adjacent to an activating group) is 1. The number of anilines is 1. The molecule has 1 unspecified atom stereocenters. The summed E-state index contributed by atoms with van der Waals surface area (Å²) in [6.45, 7) is 1.87. The topological polar surface area (TPSA) is 79.0 Å². The molecule has 2 amide bonds. The number of carbonyl (C=O) groups is 3. The maximum atomic E-state index is 12.9. The van der Waals surface area contributed by atoms with Gasteiger partial charge in [0.1, 0.15) is 18.4 Å². The molecular weight excluding hydrogens is 349 g/mol. The van der Waals surface area contributed by atoms with Crippen molar-refractivity contribution in [3.05, 3.63) is 30.1 Å². The molecule has 1 N–H and O–H groups in total. The van der Waals surface area contributed by atoms with E-state index in [1.54, 1.807) is 6.92 Å². The zero-order chi connectivity index (χ0) is 18.6. The molecule has 1 saturated heterocycles. The predicted octanol–water partition coefficient (Wildman–Crippen LogP) is 1.14. The van der Waals surface area contributed by atoms with E-state index in [1.807, 2.05) is 0 Å². The van der Waals surface area contributed by atoms with Gasteiger partial charge in [0, 0.05) is 12.2 Å². The van der Waals surface area contributed by atoms with Crippen LogP contribution < -0.4 is 5.32 Å². The summed E-state index contributed by atoms with van der Waals surface area (Å²) in [7, 11) is 1.23. The number of nitrogens with one attached hydrogen (secondary N) is 1. The van der Waals surface area contributed by atoms with E-state index in [4.69, 9.17) is 12.2 Å². The molecule has 134 valence electrons. The van der Waals surface area contributed by atoms with Gasteiger partial charge in [0.15, 0.2) is 5.11 Å². The summed E-state index contributed by atoms with van der Waals surface area (Å²) in [5.74, 6) is -1.76. The summed E-state index contributed by atoms with van der Waals surface area (Å²) < 4.78 is 17.5. The van der Waals surface area contributed by atoms with Crippen LogP contribution in [0.3, 0.4) is 0 Å². The summed E-state index contributed by atoms with van der Waals surface area (Å²) in [5.41, 5.74) is 0.409. The Morgan fingerprint density at radius 2 is 1.96 bits per heavy atom. The Hall–Kier alpha value is -2.55. The fraction of sp³-hybridized carbons (Fsp3) is 0.375. The molecule has 0 aliphatic carbocycles. The number of methoxy groups -OCH3 is 1. The first-order chi connectivity index (χ1) is 11.9. The third-order valence-electron chi connectivity index (χ3n) is 3.75. The van der Waals surface area contributed by atoms with Gasteiger partial charge >= 0.3 is 5.97 Å². The molecule has 0 saturated carbocycles. The number of amides is 2. The lowest BCUT2D eigenvalue weighted by molar-refractivity contribution is -0.141. The van der Waals surface area contributed by atoms with E-state index in [9.17, 15) is 18.8 Å². The minimum absolute atomic E-state index is 0.191. The van der Waals surface area contributed by atoms with E-state index in [1.165, 1.54) is 41.2 Å². The Morgan fingerprint density at radius 3 is 2.52 bits per heavy atom. The van der Waals surface area contributed by atoms with Gasteiger partial charge in [-0.15, -0.1) is 0 Å². The molecule has 0 bridgehead atoms. The van der Waals surface area contributed by atoms with E-state index >= 15 is 0 Å². The van der Waals surface area contributed by atoms with Crippen LogP contribution >= 0.6 is 12.2 Å². The Morgan fingerprint density at radius 1 is 1.32 bits per heavy atom. The van der Waals surface area contributed by atoms with Crippen molar-refractivity contribution in [3.63, 3.8) is 0 Å². The number of hydrogen-bond acceptors (Lipinski definition) is 5. The molecule has 0 aromatic heterocycles. The molecule has 1 fully saturated rings. The summed E-state index contributed by atoms with van der Waals surface area (Å²) in [4.78, 5) is 39.0. The molecule has 1 aromatic carbocycles. The van der Waals surface area contributed by atoms with E-state index in [0.717, 1.165) is 0 Å². The predicted molar refractivity (Wildman–Crippen MR) is 92.1 cm³/mol. The van der Waals surface area contributed by atoms with Gasteiger partial charge in [0.05, 0.1) is 13.5 Å². The van der Waals surface area contributed by atoms with Crippen LogP contribution in [0, 0.1) is 5.82 Å². The van der Waals surface area contributed by atoms with Crippen molar-refractivity contribution in [3.8, 4) is 0 Å². The molecule has 1 heterocycles. The number of esters is 1. The summed E-state index contributed by atoms with van der Waals surface area (Å²) in [6.07, 6.45) is -0.191. The summed E-state index contributed by atoms with van der Waals surface area (Å²) >= 11 is 5.23. The lowest BCUT2D eigenvalue weighted by Gasteiger charge is -2.22. The van der Waals surface area contributed by atoms with E-state index in [-0.39, 0.29) is 24.0 Å². The largest absolute Gasteiger partial charge is 0.468 e. The van der Waals surface area contributed by atoms with E-state index in [2.05, 4.69) is 10.1 Å². The minimum atomic E-state index is -0.882. The van der Waals surface area contributed by atoms with Crippen LogP contribution in [0.25, 0.3) is 0 Å². The Labute approximate surface area is 149 Å². The molecule has 1 aliphatic heterocycles. The van der Waals surface area contributed by atoms with Gasteiger partial charge in [-0.1, -0.05) is 0 Å². The summed E-state index contributed by atoms with van der Waals surface area (Å²) in [6, 6.07) is 4.38. The van der Waals surface area contributed by atoms with Crippen LogP contribution in [0.15, 0.2) is 24.3 Å². The molecular formula is C16H18FN3O4S. The van der Waals surface area contributed by atoms with Gasteiger partial charge in [-0.2, -0.15) is 0 Å². The second-order valence-electron chi connectivity index (χ2n) is 5.34. The molecule has 0 radical (unpaired) electrons. The van der Waals surface area contributed by atoms with Gasteiger partial charge in [-0.05, 0) is 43.4 Å². The van der Waals surface area contributed by atoms with E-state index in [0.29, 0.717) is 12.2 Å². The lowest BCUT2D eigenvalue weighted by Crippen LogP contribution is -2.41. The second-order valence-corrected chi connectivity index (χ2v) is 5.71. The number of ether oxygens (including phenoxy) is 1. The SMILES string of the molecule is CCN1C(=O)C(CC(=O)Nc2ccc(F)cc2)N(CC(=O)OC)C1=S. The van der Waals surface area contributed by atoms with Crippen LogP contribution in [-0.2, 0) is 19.1 Å². The fourth-order valence-corrected chi connectivity index (χ4v) is 2.90. The lowest BCUT2D eigenvalue weighted by atomic mass is 10.1.